The molecule has 5 aliphatic carbocycles. The van der Waals surface area contributed by atoms with Gasteiger partial charge in [-0.15, -0.1) is 6.58 Å². The van der Waals surface area contributed by atoms with E-state index in [0.29, 0.717) is 41.9 Å². The number of ketones is 1. The first-order valence-corrected chi connectivity index (χ1v) is 11.4. The van der Waals surface area contributed by atoms with Gasteiger partial charge in [-0.2, -0.15) is 0 Å². The van der Waals surface area contributed by atoms with E-state index in [4.69, 9.17) is 0 Å². The Balaban J connectivity index is 1.57. The molecule has 0 spiro atoms. The molecule has 0 aromatic carbocycles. The first kappa shape index (κ1) is 19.3. The largest absolute Gasteiger partial charge is 0.478 e. The van der Waals surface area contributed by atoms with Crippen molar-refractivity contribution < 1.29 is 19.8 Å². The Labute approximate surface area is 172 Å². The average Bonchev–Trinajstić information content (AvgIpc) is 3.47. The van der Waals surface area contributed by atoms with Crippen LogP contribution in [0.2, 0.25) is 0 Å². The Kier molecular flexibility index (Phi) is 4.26. The zero-order valence-corrected chi connectivity index (χ0v) is 17.2. The summed E-state index contributed by atoms with van der Waals surface area (Å²) in [7, 11) is 0. The lowest BCUT2D eigenvalue weighted by molar-refractivity contribution is -0.137. The lowest BCUT2D eigenvalue weighted by Gasteiger charge is -2.59. The van der Waals surface area contributed by atoms with Gasteiger partial charge in [0.05, 0.1) is 5.60 Å². The minimum Gasteiger partial charge on any atom is -0.478 e. The van der Waals surface area contributed by atoms with Crippen molar-refractivity contribution in [3.05, 3.63) is 36.5 Å². The first-order chi connectivity index (χ1) is 13.9. The van der Waals surface area contributed by atoms with Crippen LogP contribution in [0.5, 0.6) is 0 Å². The van der Waals surface area contributed by atoms with Gasteiger partial charge in [-0.25, -0.2) is 4.79 Å². The number of rotatable bonds is 4. The SMILES string of the molecule is C=C[C@H]1CC2=CC(=O)CC[C@@H]2[C@H]2CC[C@@]3(CC)[C@@H]([C@H]4C[C@H]4[C@@]3(O)/C=C\C(=O)O)[C@@H]21. The average molecular weight is 397 g/mol. The molecule has 156 valence electrons. The summed E-state index contributed by atoms with van der Waals surface area (Å²) >= 11 is 0. The van der Waals surface area contributed by atoms with Crippen molar-refractivity contribution in [2.45, 2.75) is 57.5 Å². The molecule has 0 saturated heterocycles. The molecule has 5 rings (SSSR count). The van der Waals surface area contributed by atoms with Crippen LogP contribution in [0.15, 0.2) is 36.5 Å². The topological polar surface area (TPSA) is 74.6 Å². The number of carbonyl (C=O) groups is 2. The fraction of sp³-hybridized carbons (Fsp3) is 0.680. The predicted octanol–water partition coefficient (Wildman–Crippen LogP) is 4.16. The van der Waals surface area contributed by atoms with Crippen molar-refractivity contribution in [2.24, 2.45) is 46.8 Å². The molecule has 5 aliphatic rings. The second-order valence-electron chi connectivity index (χ2n) is 10.3. The van der Waals surface area contributed by atoms with Crippen LogP contribution < -0.4 is 0 Å². The zero-order chi connectivity index (χ0) is 20.6. The Bertz CT molecular complexity index is 825. The number of hydrogen-bond donors (Lipinski definition) is 2. The number of carboxylic acids is 1. The van der Waals surface area contributed by atoms with Gasteiger partial charge in [-0.05, 0) is 92.1 Å². The van der Waals surface area contributed by atoms with Crippen molar-refractivity contribution in [1.29, 1.82) is 0 Å². The summed E-state index contributed by atoms with van der Waals surface area (Å²) in [5.74, 6) is 2.28. The zero-order valence-electron chi connectivity index (χ0n) is 17.2. The van der Waals surface area contributed by atoms with Crippen LogP contribution in [0.25, 0.3) is 0 Å². The van der Waals surface area contributed by atoms with E-state index in [1.807, 2.05) is 6.08 Å². The van der Waals surface area contributed by atoms with Crippen molar-refractivity contribution in [2.75, 3.05) is 0 Å². The third-order valence-corrected chi connectivity index (χ3v) is 9.56. The third kappa shape index (κ3) is 2.47. The summed E-state index contributed by atoms with van der Waals surface area (Å²) in [4.78, 5) is 23.3. The molecule has 0 unspecified atom stereocenters. The van der Waals surface area contributed by atoms with Crippen molar-refractivity contribution >= 4 is 11.8 Å². The molecular weight excluding hydrogens is 364 g/mol. The minimum absolute atomic E-state index is 0.192. The Morgan fingerprint density at radius 1 is 1.34 bits per heavy atom. The number of carbonyl (C=O) groups excluding carboxylic acids is 1. The molecule has 0 heterocycles. The van der Waals surface area contributed by atoms with Crippen LogP contribution >= 0.6 is 0 Å². The van der Waals surface area contributed by atoms with E-state index in [1.54, 1.807) is 6.08 Å². The Morgan fingerprint density at radius 3 is 2.83 bits per heavy atom. The number of hydrogen-bond acceptors (Lipinski definition) is 3. The highest BCUT2D eigenvalue weighted by molar-refractivity contribution is 5.91. The van der Waals surface area contributed by atoms with E-state index < -0.39 is 11.6 Å². The molecule has 0 aliphatic heterocycles. The van der Waals surface area contributed by atoms with Gasteiger partial charge in [-0.1, -0.05) is 18.6 Å². The molecule has 2 N–H and O–H groups in total. The van der Waals surface area contributed by atoms with Crippen LogP contribution in [0.4, 0.5) is 0 Å². The van der Waals surface area contributed by atoms with Gasteiger partial charge in [0.2, 0.25) is 0 Å². The fourth-order valence-corrected chi connectivity index (χ4v) is 8.52. The molecule has 4 nitrogen and oxygen atoms in total. The van der Waals surface area contributed by atoms with Crippen molar-refractivity contribution in [3.63, 3.8) is 0 Å². The third-order valence-electron chi connectivity index (χ3n) is 9.56. The number of aliphatic carboxylic acids is 1. The van der Waals surface area contributed by atoms with E-state index >= 15 is 0 Å². The molecular formula is C25H32O4. The molecule has 29 heavy (non-hydrogen) atoms. The highest BCUT2D eigenvalue weighted by Gasteiger charge is 2.76. The molecule has 4 heteroatoms. The fourth-order valence-electron chi connectivity index (χ4n) is 8.52. The maximum absolute atomic E-state index is 12.0. The van der Waals surface area contributed by atoms with Gasteiger partial charge < -0.3 is 10.2 Å². The molecule has 0 aromatic heterocycles. The van der Waals surface area contributed by atoms with E-state index in [2.05, 4.69) is 19.6 Å². The van der Waals surface area contributed by atoms with E-state index in [0.717, 1.165) is 38.5 Å². The summed E-state index contributed by atoms with van der Waals surface area (Å²) in [5.41, 5.74) is 0.0913. The summed E-state index contributed by atoms with van der Waals surface area (Å²) < 4.78 is 0. The van der Waals surface area contributed by atoms with E-state index in [1.165, 1.54) is 11.6 Å². The van der Waals surface area contributed by atoms with E-state index in [-0.39, 0.29) is 17.1 Å². The monoisotopic (exact) mass is 396 g/mol. The number of allylic oxidation sites excluding steroid dienone is 2. The van der Waals surface area contributed by atoms with Gasteiger partial charge in [0.1, 0.15) is 0 Å². The summed E-state index contributed by atoms with van der Waals surface area (Å²) in [6.07, 6.45) is 13.3. The van der Waals surface area contributed by atoms with Gasteiger partial charge in [0.25, 0.3) is 0 Å². The summed E-state index contributed by atoms with van der Waals surface area (Å²) in [6, 6.07) is 0. The Morgan fingerprint density at radius 2 is 2.14 bits per heavy atom. The highest BCUT2D eigenvalue weighted by atomic mass is 16.4. The second-order valence-corrected chi connectivity index (χ2v) is 10.3. The predicted molar refractivity (Wildman–Crippen MR) is 110 cm³/mol. The normalized spacial score (nSPS) is 50.2. The molecule has 0 amide bonds. The van der Waals surface area contributed by atoms with Crippen molar-refractivity contribution in [3.8, 4) is 0 Å². The lowest BCUT2D eigenvalue weighted by atomic mass is 9.46. The molecule has 0 radical (unpaired) electrons. The number of carboxylic acid groups (broad SMARTS) is 1. The molecule has 9 atom stereocenters. The molecule has 0 aromatic rings. The quantitative estimate of drug-likeness (QED) is 0.553. The highest BCUT2D eigenvalue weighted by Crippen LogP contribution is 2.77. The van der Waals surface area contributed by atoms with Gasteiger partial charge >= 0.3 is 5.97 Å². The van der Waals surface area contributed by atoms with Crippen molar-refractivity contribution in [1.82, 2.24) is 0 Å². The van der Waals surface area contributed by atoms with E-state index in [9.17, 15) is 19.8 Å². The number of fused-ring (bicyclic) bond motifs is 7. The molecule has 4 saturated carbocycles. The maximum Gasteiger partial charge on any atom is 0.328 e. The number of aliphatic hydroxyl groups is 1. The smallest absolute Gasteiger partial charge is 0.328 e. The second kappa shape index (κ2) is 6.41. The summed E-state index contributed by atoms with van der Waals surface area (Å²) in [6.45, 7) is 6.34. The van der Waals surface area contributed by atoms with Crippen LogP contribution in [0, 0.1) is 46.8 Å². The van der Waals surface area contributed by atoms with Crippen LogP contribution in [-0.4, -0.2) is 27.6 Å². The first-order valence-electron chi connectivity index (χ1n) is 11.4. The van der Waals surface area contributed by atoms with Gasteiger partial charge in [0, 0.05) is 17.9 Å². The lowest BCUT2D eigenvalue weighted by Crippen LogP contribution is -2.57. The minimum atomic E-state index is -1.01. The van der Waals surface area contributed by atoms with Crippen LogP contribution in [-0.2, 0) is 9.59 Å². The van der Waals surface area contributed by atoms with Crippen LogP contribution in [0.3, 0.4) is 0 Å². The summed E-state index contributed by atoms with van der Waals surface area (Å²) in [5, 5.41) is 21.1. The molecule has 0 bridgehead atoms. The molecule has 4 fully saturated rings. The maximum atomic E-state index is 12.0. The van der Waals surface area contributed by atoms with Crippen LogP contribution in [0.1, 0.15) is 51.9 Å². The standard InChI is InChI=1S/C25H32O4/c1-3-14-11-15-12-16(26)5-6-17(15)18-7-9-24(4-2)23(22(14)18)19-13-20(19)25(24,29)10-8-21(27)28/h3,8,10,12,14,17-20,22-23,29H,1,4-7,9,11,13H2,2H3,(H,27,28)/b10-8-/t14-,17-,18+,19-,20+,22+,23-,24-,25-/m0/s1. The van der Waals surface area contributed by atoms with Gasteiger partial charge in [-0.3, -0.25) is 4.79 Å². The Hall–Kier alpha value is -1.68. The van der Waals surface area contributed by atoms with Gasteiger partial charge in [0.15, 0.2) is 5.78 Å².